The van der Waals surface area contributed by atoms with Crippen LogP contribution in [0.15, 0.2) is 60.7 Å². The molecule has 1 aliphatic carbocycles. The van der Waals surface area contributed by atoms with Crippen molar-refractivity contribution < 1.29 is 23.3 Å². The molecule has 0 saturated heterocycles. The summed E-state index contributed by atoms with van der Waals surface area (Å²) in [5.41, 5.74) is 0. The minimum Gasteiger partial charge on any atom is -0.168 e. The normalized spacial score (nSPS) is 9.35. The van der Waals surface area contributed by atoms with Crippen LogP contribution in [-0.4, -0.2) is 6.88 Å². The third kappa shape index (κ3) is 21.5. The third-order valence-corrected chi connectivity index (χ3v) is 2.84. The molecular weight excluding hydrogens is 408 g/mol. The van der Waals surface area contributed by atoms with Gasteiger partial charge in [-0.25, -0.2) is 12.2 Å². The topological polar surface area (TPSA) is 0 Å². The molecule has 3 rings (SSSR count). The van der Waals surface area contributed by atoms with E-state index in [1.54, 1.807) is 0 Å². The Balaban J connectivity index is -0.000000125. The van der Waals surface area contributed by atoms with Gasteiger partial charge in [-0.05, 0) is 0 Å². The van der Waals surface area contributed by atoms with Crippen LogP contribution in [0.5, 0.6) is 0 Å². The number of fused-ring (bicyclic) bond motifs is 1. The molecule has 0 fully saturated rings. The van der Waals surface area contributed by atoms with Crippen molar-refractivity contribution in [3.8, 4) is 0 Å². The second-order valence-electron chi connectivity index (χ2n) is 4.86. The quantitative estimate of drug-likeness (QED) is 0.331. The fourth-order valence-corrected chi connectivity index (χ4v) is 1.41. The Morgan fingerprint density at radius 3 is 1.92 bits per heavy atom. The van der Waals surface area contributed by atoms with E-state index < -0.39 is 0 Å². The SMILES string of the molecule is [C-]1=CC=CC1.[CH2-]CCC.[CH2-]CCC.[CH3-].[CH3-].[Si]=[Zr].c1ccc2[cH-]ccc2c1. The second-order valence-corrected chi connectivity index (χ2v) is 4.86. The summed E-state index contributed by atoms with van der Waals surface area (Å²) in [5, 5.41) is 2.66. The Morgan fingerprint density at radius 2 is 1.58 bits per heavy atom. The molecule has 2 aromatic rings. The molecule has 0 bridgehead atoms. The van der Waals surface area contributed by atoms with Crippen molar-refractivity contribution in [3.63, 3.8) is 0 Å². The number of rotatable bonds is 2. The van der Waals surface area contributed by atoms with Gasteiger partial charge in [-0.15, -0.1) is 36.1 Å². The molecule has 0 aromatic heterocycles. The minimum absolute atomic E-state index is 0. The number of allylic oxidation sites excluding steroid dienone is 4. The van der Waals surface area contributed by atoms with Crippen LogP contribution in [0.1, 0.15) is 46.0 Å². The summed E-state index contributed by atoms with van der Waals surface area (Å²) in [6.07, 6.45) is 14.6. The van der Waals surface area contributed by atoms with Gasteiger partial charge in [0.25, 0.3) is 0 Å². The Kier molecular flexibility index (Phi) is 37.1. The maximum absolute atomic E-state index is 3.60. The number of benzene rings is 1. The van der Waals surface area contributed by atoms with E-state index in [-0.39, 0.29) is 14.9 Å². The van der Waals surface area contributed by atoms with Crippen molar-refractivity contribution in [1.82, 2.24) is 0 Å². The average Bonchev–Trinajstić information content (AvgIpc) is 3.38. The number of unbranched alkanes of at least 4 members (excludes halogenated alkanes) is 2. The Labute approximate surface area is 181 Å². The van der Waals surface area contributed by atoms with Crippen molar-refractivity contribution in [3.05, 3.63) is 95.5 Å². The summed E-state index contributed by atoms with van der Waals surface area (Å²) in [6.45, 7) is 14.5. The molecule has 0 aliphatic heterocycles. The van der Waals surface area contributed by atoms with Gasteiger partial charge >= 0.3 is 30.2 Å². The molecule has 0 N–H and O–H groups in total. The van der Waals surface area contributed by atoms with E-state index in [1.807, 2.05) is 12.2 Å². The molecule has 0 unspecified atom stereocenters. The molecule has 0 spiro atoms. The minimum atomic E-state index is 0. The van der Waals surface area contributed by atoms with Crippen LogP contribution in [0.4, 0.5) is 0 Å². The van der Waals surface area contributed by atoms with Crippen LogP contribution in [0.3, 0.4) is 0 Å². The number of hydrogen-bond donors (Lipinski definition) is 0. The Bertz CT molecular complexity index is 477. The number of hydrogen-bond acceptors (Lipinski definition) is 0. The van der Waals surface area contributed by atoms with Crippen molar-refractivity contribution in [2.24, 2.45) is 0 Å². The van der Waals surface area contributed by atoms with Gasteiger partial charge < -0.3 is 28.7 Å². The van der Waals surface area contributed by atoms with E-state index in [0.717, 1.165) is 19.3 Å². The Morgan fingerprint density at radius 1 is 1.04 bits per heavy atom. The van der Waals surface area contributed by atoms with E-state index in [0.29, 0.717) is 0 Å². The summed E-state index contributed by atoms with van der Waals surface area (Å²) < 4.78 is 0. The van der Waals surface area contributed by atoms with Crippen LogP contribution in [0.2, 0.25) is 0 Å². The van der Waals surface area contributed by atoms with E-state index in [1.165, 1.54) is 46.9 Å². The van der Waals surface area contributed by atoms with E-state index in [4.69, 9.17) is 0 Å². The van der Waals surface area contributed by atoms with Gasteiger partial charge in [0, 0.05) is 0 Å². The van der Waals surface area contributed by atoms with Crippen molar-refractivity contribution in [2.75, 3.05) is 0 Å². The van der Waals surface area contributed by atoms with Gasteiger partial charge in [-0.3, -0.25) is 6.08 Å². The molecule has 0 amide bonds. The van der Waals surface area contributed by atoms with E-state index in [2.05, 4.69) is 89.2 Å². The zero-order valence-electron chi connectivity index (χ0n) is 17.2. The van der Waals surface area contributed by atoms with Gasteiger partial charge in [-0.1, -0.05) is 32.8 Å². The fourth-order valence-electron chi connectivity index (χ4n) is 1.41. The summed E-state index contributed by atoms with van der Waals surface area (Å²) in [7, 11) is 0. The largest absolute Gasteiger partial charge is 0.168 e. The van der Waals surface area contributed by atoms with Gasteiger partial charge in [0.1, 0.15) is 0 Å². The smallest absolute Gasteiger partial charge is 0.0809 e. The monoisotopic (exact) mass is 442 g/mol. The van der Waals surface area contributed by atoms with Gasteiger partial charge in [0.05, 0.1) is 0 Å². The van der Waals surface area contributed by atoms with Crippen LogP contribution in [-0.2, 0) is 23.3 Å². The van der Waals surface area contributed by atoms with E-state index in [9.17, 15) is 0 Å². The molecule has 26 heavy (non-hydrogen) atoms. The standard InChI is InChI=1S/C9H7.C5H5.2C4H9.2CH3.Si.Zr/c1-2-5-9-7-3-6-8(9)4-1;1-2-4-5-3-1;2*1-3-4-2;;;;/h1-7H;1-3H,4H2;2*1,3-4H2,2H3;2*1H3;;/q6*-1;;. The summed E-state index contributed by atoms with van der Waals surface area (Å²) in [5.74, 6) is 0. The van der Waals surface area contributed by atoms with Crippen molar-refractivity contribution >= 4 is 17.7 Å². The van der Waals surface area contributed by atoms with Crippen LogP contribution >= 0.6 is 0 Å². The zero-order valence-corrected chi connectivity index (χ0v) is 20.7. The molecule has 0 heterocycles. The molecule has 2 radical (unpaired) electrons. The first-order valence-electron chi connectivity index (χ1n) is 8.45. The second kappa shape index (κ2) is 29.2. The first kappa shape index (κ1) is 33.0. The van der Waals surface area contributed by atoms with Crippen LogP contribution in [0, 0.1) is 34.8 Å². The van der Waals surface area contributed by atoms with Crippen molar-refractivity contribution in [2.45, 2.75) is 46.0 Å². The van der Waals surface area contributed by atoms with E-state index >= 15 is 0 Å². The third-order valence-electron chi connectivity index (χ3n) is 2.84. The molecule has 0 atom stereocenters. The average molecular weight is 444 g/mol. The zero-order chi connectivity index (χ0) is 18.5. The maximum atomic E-state index is 3.60. The summed E-state index contributed by atoms with van der Waals surface area (Å²) >= 11 is 1.36. The maximum Gasteiger partial charge on any atom is -0.0809 e. The van der Waals surface area contributed by atoms with Crippen molar-refractivity contribution in [1.29, 1.82) is 0 Å². The molecule has 2 aromatic carbocycles. The molecule has 0 nitrogen and oxygen atoms in total. The first-order valence-corrected chi connectivity index (χ1v) is 12.6. The van der Waals surface area contributed by atoms with Crippen LogP contribution < -0.4 is 0 Å². The Hall–Kier alpha value is -0.590. The summed E-state index contributed by atoms with van der Waals surface area (Å²) in [6, 6.07) is 14.7. The first-order chi connectivity index (χ1) is 11.8. The summed E-state index contributed by atoms with van der Waals surface area (Å²) in [4.78, 5) is 0. The molecule has 146 valence electrons. The van der Waals surface area contributed by atoms with Gasteiger partial charge in [0.2, 0.25) is 0 Å². The van der Waals surface area contributed by atoms with Gasteiger partial charge in [0.15, 0.2) is 0 Å². The molecule has 0 saturated carbocycles. The molecule has 2 heteroatoms. The molecule has 1 aliphatic rings. The predicted octanol–water partition coefficient (Wildman–Crippen LogP) is 7.62. The molecular formula is C24H36SiZr-6. The van der Waals surface area contributed by atoms with Gasteiger partial charge in [-0.2, -0.15) is 36.4 Å². The fraction of sp³-hybridized carbons (Fsp3) is 0.292. The predicted molar refractivity (Wildman–Crippen MR) is 120 cm³/mol. The van der Waals surface area contributed by atoms with Crippen LogP contribution in [0.25, 0.3) is 10.8 Å².